The minimum Gasteiger partial charge on any atom is -0.480 e. The van der Waals surface area contributed by atoms with E-state index in [1.54, 1.807) is 0 Å². The summed E-state index contributed by atoms with van der Waals surface area (Å²) in [5, 5.41) is 22.2. The molecule has 1 aliphatic rings. The Balaban J connectivity index is 1.90. The zero-order chi connectivity index (χ0) is 16.3. The molecule has 0 amide bonds. The van der Waals surface area contributed by atoms with Gasteiger partial charge in [-0.25, -0.2) is 9.37 Å². The van der Waals surface area contributed by atoms with E-state index in [-0.39, 0.29) is 24.4 Å². The summed E-state index contributed by atoms with van der Waals surface area (Å²) in [5.74, 6) is -1.66. The van der Waals surface area contributed by atoms with E-state index in [1.165, 1.54) is 0 Å². The first-order valence-corrected chi connectivity index (χ1v) is 6.93. The van der Waals surface area contributed by atoms with Crippen LogP contribution in [0, 0.1) is 15.9 Å². The second-order valence-corrected chi connectivity index (χ2v) is 5.20. The smallest absolute Gasteiger partial charge is 0.317 e. The van der Waals surface area contributed by atoms with Crippen molar-refractivity contribution in [1.82, 2.24) is 9.88 Å². The van der Waals surface area contributed by atoms with Crippen molar-refractivity contribution in [2.24, 2.45) is 0 Å². The number of anilines is 1. The Hall–Kier alpha value is -2.29. The molecule has 0 bridgehead atoms. The first-order chi connectivity index (χ1) is 10.4. The minimum atomic E-state index is -0.874. The lowest BCUT2D eigenvalue weighted by Gasteiger charge is -2.42. The monoisotopic (exact) mass is 312 g/mol. The fraction of sp³-hybridized carbons (Fsp3) is 0.538. The van der Waals surface area contributed by atoms with E-state index in [2.05, 4.69) is 10.3 Å². The average molecular weight is 312 g/mol. The third-order valence-electron chi connectivity index (χ3n) is 3.75. The SMILES string of the molecule is CCN(CC(=O)O)C1CC(Nc2ncc([N+](=O)[O-])cc2F)C1. The van der Waals surface area contributed by atoms with Crippen molar-refractivity contribution in [3.63, 3.8) is 0 Å². The van der Waals surface area contributed by atoms with Crippen LogP contribution >= 0.6 is 0 Å². The van der Waals surface area contributed by atoms with E-state index in [1.807, 2.05) is 11.8 Å². The number of aliphatic carboxylic acids is 1. The first-order valence-electron chi connectivity index (χ1n) is 6.93. The zero-order valence-corrected chi connectivity index (χ0v) is 12.0. The molecule has 22 heavy (non-hydrogen) atoms. The number of nitrogens with one attached hydrogen (secondary N) is 1. The molecule has 2 N–H and O–H groups in total. The van der Waals surface area contributed by atoms with Crippen molar-refractivity contribution in [1.29, 1.82) is 0 Å². The molecule has 0 unspecified atom stereocenters. The van der Waals surface area contributed by atoms with Crippen LogP contribution in [-0.2, 0) is 4.79 Å². The molecule has 0 radical (unpaired) electrons. The van der Waals surface area contributed by atoms with Gasteiger partial charge in [-0.3, -0.25) is 19.8 Å². The summed E-state index contributed by atoms with van der Waals surface area (Å²) in [4.78, 5) is 26.1. The van der Waals surface area contributed by atoms with Crippen molar-refractivity contribution >= 4 is 17.5 Å². The molecule has 1 aromatic heterocycles. The Bertz CT molecular complexity index is 577. The van der Waals surface area contributed by atoms with Gasteiger partial charge in [-0.2, -0.15) is 0 Å². The van der Waals surface area contributed by atoms with E-state index in [0.29, 0.717) is 19.4 Å². The number of aromatic nitrogens is 1. The lowest BCUT2D eigenvalue weighted by molar-refractivity contribution is -0.385. The summed E-state index contributed by atoms with van der Waals surface area (Å²) in [6.45, 7) is 2.51. The lowest BCUT2D eigenvalue weighted by atomic mass is 9.85. The molecule has 120 valence electrons. The molecule has 0 aromatic carbocycles. The quantitative estimate of drug-likeness (QED) is 0.579. The molecule has 0 saturated heterocycles. The number of rotatable bonds is 7. The van der Waals surface area contributed by atoms with Crippen molar-refractivity contribution in [2.75, 3.05) is 18.4 Å². The fourth-order valence-electron chi connectivity index (χ4n) is 2.50. The van der Waals surface area contributed by atoms with Gasteiger partial charge in [0, 0.05) is 12.1 Å². The Morgan fingerprint density at radius 1 is 1.64 bits per heavy atom. The van der Waals surface area contributed by atoms with Gasteiger partial charge in [-0.1, -0.05) is 6.92 Å². The van der Waals surface area contributed by atoms with Gasteiger partial charge in [-0.05, 0) is 19.4 Å². The standard InChI is InChI=1S/C13H17FN4O4/c1-2-17(7-12(19)20)9-3-8(4-9)16-13-11(14)5-10(6-15-13)18(21)22/h5-6,8-9H,2-4,7H2,1H3,(H,15,16)(H,19,20). The van der Waals surface area contributed by atoms with Gasteiger partial charge in [0.15, 0.2) is 11.6 Å². The van der Waals surface area contributed by atoms with Crippen LogP contribution in [-0.4, -0.2) is 51.1 Å². The molecular formula is C13H17FN4O4. The van der Waals surface area contributed by atoms with Crippen LogP contribution < -0.4 is 5.32 Å². The summed E-state index contributed by atoms with van der Waals surface area (Å²) in [6.07, 6.45) is 2.36. The maximum Gasteiger partial charge on any atom is 0.317 e. The summed E-state index contributed by atoms with van der Waals surface area (Å²) < 4.78 is 13.7. The topological polar surface area (TPSA) is 109 Å². The van der Waals surface area contributed by atoms with Gasteiger partial charge in [0.1, 0.15) is 6.20 Å². The third kappa shape index (κ3) is 3.67. The number of carboxylic acids is 1. The van der Waals surface area contributed by atoms with Gasteiger partial charge < -0.3 is 10.4 Å². The van der Waals surface area contributed by atoms with Gasteiger partial charge in [0.05, 0.1) is 17.5 Å². The molecule has 9 heteroatoms. The van der Waals surface area contributed by atoms with Crippen molar-refractivity contribution in [3.8, 4) is 0 Å². The highest BCUT2D eigenvalue weighted by Crippen LogP contribution is 2.29. The van der Waals surface area contributed by atoms with Crippen molar-refractivity contribution in [2.45, 2.75) is 31.8 Å². The molecule has 2 rings (SSSR count). The predicted octanol–water partition coefficient (Wildman–Crippen LogP) is 1.48. The van der Waals surface area contributed by atoms with E-state index >= 15 is 0 Å². The van der Waals surface area contributed by atoms with Crippen LogP contribution in [0.5, 0.6) is 0 Å². The van der Waals surface area contributed by atoms with Crippen LogP contribution in [0.2, 0.25) is 0 Å². The van der Waals surface area contributed by atoms with Crippen molar-refractivity contribution in [3.05, 3.63) is 28.2 Å². The predicted molar refractivity (Wildman–Crippen MR) is 76.2 cm³/mol. The fourth-order valence-corrected chi connectivity index (χ4v) is 2.50. The number of hydrogen-bond donors (Lipinski definition) is 2. The molecule has 0 spiro atoms. The molecule has 0 aliphatic heterocycles. The minimum absolute atomic E-state index is 0.0158. The number of nitro groups is 1. The molecule has 1 aromatic rings. The Labute approximate surface area is 126 Å². The number of carbonyl (C=O) groups is 1. The Morgan fingerprint density at radius 3 is 2.82 bits per heavy atom. The molecule has 1 saturated carbocycles. The third-order valence-corrected chi connectivity index (χ3v) is 3.75. The van der Waals surface area contributed by atoms with Crippen LogP contribution in [0.4, 0.5) is 15.9 Å². The molecular weight excluding hydrogens is 295 g/mol. The first kappa shape index (κ1) is 16.1. The van der Waals surface area contributed by atoms with E-state index in [4.69, 9.17) is 5.11 Å². The Morgan fingerprint density at radius 2 is 2.32 bits per heavy atom. The summed E-state index contributed by atoms with van der Waals surface area (Å²) >= 11 is 0. The summed E-state index contributed by atoms with van der Waals surface area (Å²) in [6, 6.07) is 0.949. The highest BCUT2D eigenvalue weighted by atomic mass is 19.1. The second-order valence-electron chi connectivity index (χ2n) is 5.20. The number of carboxylic acid groups (broad SMARTS) is 1. The maximum absolute atomic E-state index is 13.7. The van der Waals surface area contributed by atoms with E-state index in [9.17, 15) is 19.3 Å². The highest BCUT2D eigenvalue weighted by Gasteiger charge is 2.34. The molecule has 1 heterocycles. The van der Waals surface area contributed by atoms with Gasteiger partial charge in [-0.15, -0.1) is 0 Å². The number of likely N-dealkylation sites (N-methyl/N-ethyl adjacent to an activating group) is 1. The summed E-state index contributed by atoms with van der Waals surface area (Å²) in [5.41, 5.74) is -0.395. The molecule has 0 atom stereocenters. The molecule has 8 nitrogen and oxygen atoms in total. The number of nitrogens with zero attached hydrogens (tertiary/aromatic N) is 3. The molecule has 1 aliphatic carbocycles. The van der Waals surface area contributed by atoms with Gasteiger partial charge in [0.2, 0.25) is 0 Å². The molecule has 1 fully saturated rings. The van der Waals surface area contributed by atoms with Crippen LogP contribution in [0.25, 0.3) is 0 Å². The lowest BCUT2D eigenvalue weighted by Crippen LogP contribution is -2.51. The highest BCUT2D eigenvalue weighted by molar-refractivity contribution is 5.69. The maximum atomic E-state index is 13.7. The van der Waals surface area contributed by atoms with Crippen LogP contribution in [0.3, 0.4) is 0 Å². The largest absolute Gasteiger partial charge is 0.480 e. The zero-order valence-electron chi connectivity index (χ0n) is 12.0. The number of halogens is 1. The number of pyridine rings is 1. The normalized spacial score (nSPS) is 20.5. The van der Waals surface area contributed by atoms with Crippen LogP contribution in [0.1, 0.15) is 19.8 Å². The van der Waals surface area contributed by atoms with E-state index in [0.717, 1.165) is 12.3 Å². The van der Waals surface area contributed by atoms with Gasteiger partial charge in [0.25, 0.3) is 5.69 Å². The second kappa shape index (κ2) is 6.65. The van der Waals surface area contributed by atoms with Gasteiger partial charge >= 0.3 is 5.97 Å². The van der Waals surface area contributed by atoms with Crippen LogP contribution in [0.15, 0.2) is 12.3 Å². The van der Waals surface area contributed by atoms with E-state index < -0.39 is 22.4 Å². The van der Waals surface area contributed by atoms with Crippen molar-refractivity contribution < 1.29 is 19.2 Å². The summed E-state index contributed by atoms with van der Waals surface area (Å²) in [7, 11) is 0. The number of hydrogen-bond acceptors (Lipinski definition) is 6. The average Bonchev–Trinajstić information content (AvgIpc) is 2.41. The Kier molecular flexibility index (Phi) is 4.86.